The second-order valence-electron chi connectivity index (χ2n) is 3.55. The SMILES string of the molecule is OC1CN(Cc2c(F)cccc2Cl)C1. The van der Waals surface area contributed by atoms with Crippen molar-refractivity contribution in [1.82, 2.24) is 4.90 Å². The monoisotopic (exact) mass is 215 g/mol. The number of nitrogens with zero attached hydrogens (tertiary/aromatic N) is 1. The molecule has 4 heteroatoms. The summed E-state index contributed by atoms with van der Waals surface area (Å²) >= 11 is 5.86. The van der Waals surface area contributed by atoms with Crippen LogP contribution in [0, 0.1) is 5.82 Å². The first-order valence-electron chi connectivity index (χ1n) is 4.50. The molecular weight excluding hydrogens is 205 g/mol. The molecule has 0 amide bonds. The van der Waals surface area contributed by atoms with E-state index in [2.05, 4.69) is 0 Å². The first kappa shape index (κ1) is 9.90. The van der Waals surface area contributed by atoms with E-state index in [-0.39, 0.29) is 11.9 Å². The van der Waals surface area contributed by atoms with Gasteiger partial charge in [0.2, 0.25) is 0 Å². The molecule has 0 bridgehead atoms. The molecule has 1 aromatic rings. The minimum atomic E-state index is -0.279. The number of aliphatic hydroxyl groups is 1. The molecule has 1 aliphatic rings. The maximum atomic E-state index is 13.3. The molecule has 14 heavy (non-hydrogen) atoms. The average Bonchev–Trinajstić information content (AvgIpc) is 2.08. The Hall–Kier alpha value is -0.640. The molecule has 0 spiro atoms. The van der Waals surface area contributed by atoms with Crippen molar-refractivity contribution in [1.29, 1.82) is 0 Å². The highest BCUT2D eigenvalue weighted by molar-refractivity contribution is 6.31. The normalized spacial score (nSPS) is 18.2. The van der Waals surface area contributed by atoms with Crippen LogP contribution in [0.15, 0.2) is 18.2 Å². The smallest absolute Gasteiger partial charge is 0.129 e. The summed E-state index contributed by atoms with van der Waals surface area (Å²) in [7, 11) is 0. The average molecular weight is 216 g/mol. The summed E-state index contributed by atoms with van der Waals surface area (Å²) in [6, 6.07) is 4.67. The van der Waals surface area contributed by atoms with Gasteiger partial charge in [0.05, 0.1) is 6.10 Å². The molecule has 0 aromatic heterocycles. The van der Waals surface area contributed by atoms with Crippen molar-refractivity contribution in [3.8, 4) is 0 Å². The van der Waals surface area contributed by atoms with Crippen LogP contribution in [-0.2, 0) is 6.54 Å². The predicted molar refractivity (Wildman–Crippen MR) is 52.7 cm³/mol. The van der Waals surface area contributed by atoms with Gasteiger partial charge in [0, 0.05) is 30.2 Å². The van der Waals surface area contributed by atoms with E-state index in [4.69, 9.17) is 16.7 Å². The van der Waals surface area contributed by atoms with E-state index in [1.54, 1.807) is 12.1 Å². The standard InChI is InChI=1S/C10H11ClFNO/c11-9-2-1-3-10(12)8(9)6-13-4-7(14)5-13/h1-3,7,14H,4-6H2. The maximum absolute atomic E-state index is 13.3. The third-order valence-electron chi connectivity index (χ3n) is 2.38. The lowest BCUT2D eigenvalue weighted by molar-refractivity contribution is -0.00340. The predicted octanol–water partition coefficient (Wildman–Crippen LogP) is 1.66. The Morgan fingerprint density at radius 2 is 2.21 bits per heavy atom. The summed E-state index contributed by atoms with van der Waals surface area (Å²) in [5, 5.41) is 9.52. The van der Waals surface area contributed by atoms with Crippen LogP contribution in [0.2, 0.25) is 5.02 Å². The van der Waals surface area contributed by atoms with Gasteiger partial charge in [0.15, 0.2) is 0 Å². The van der Waals surface area contributed by atoms with Gasteiger partial charge < -0.3 is 5.11 Å². The van der Waals surface area contributed by atoms with Crippen molar-refractivity contribution in [2.75, 3.05) is 13.1 Å². The highest BCUT2D eigenvalue weighted by atomic mass is 35.5. The van der Waals surface area contributed by atoms with E-state index < -0.39 is 0 Å². The Balaban J connectivity index is 2.09. The minimum Gasteiger partial charge on any atom is -0.390 e. The van der Waals surface area contributed by atoms with E-state index in [0.717, 1.165) is 0 Å². The molecule has 1 fully saturated rings. The van der Waals surface area contributed by atoms with Gasteiger partial charge in [0.1, 0.15) is 5.82 Å². The Labute approximate surface area is 86.9 Å². The first-order valence-corrected chi connectivity index (χ1v) is 4.88. The van der Waals surface area contributed by atoms with Crippen LogP contribution in [0.25, 0.3) is 0 Å². The van der Waals surface area contributed by atoms with Gasteiger partial charge >= 0.3 is 0 Å². The van der Waals surface area contributed by atoms with E-state index in [1.165, 1.54) is 6.07 Å². The number of benzene rings is 1. The number of hydrogen-bond donors (Lipinski definition) is 1. The second-order valence-corrected chi connectivity index (χ2v) is 3.96. The lowest BCUT2D eigenvalue weighted by Crippen LogP contribution is -2.49. The zero-order valence-electron chi connectivity index (χ0n) is 7.58. The van der Waals surface area contributed by atoms with E-state index in [9.17, 15) is 4.39 Å². The van der Waals surface area contributed by atoms with Crippen LogP contribution in [-0.4, -0.2) is 29.2 Å². The molecule has 0 atom stereocenters. The number of likely N-dealkylation sites (tertiary alicyclic amines) is 1. The summed E-state index contributed by atoms with van der Waals surface area (Å²) in [5.41, 5.74) is 0.515. The van der Waals surface area contributed by atoms with Crippen molar-refractivity contribution < 1.29 is 9.50 Å². The van der Waals surface area contributed by atoms with Crippen molar-refractivity contribution in [3.05, 3.63) is 34.6 Å². The summed E-state index contributed by atoms with van der Waals surface area (Å²) < 4.78 is 13.3. The van der Waals surface area contributed by atoms with Crippen molar-refractivity contribution >= 4 is 11.6 Å². The molecule has 76 valence electrons. The minimum absolute atomic E-state index is 0.263. The number of hydrogen-bond acceptors (Lipinski definition) is 2. The van der Waals surface area contributed by atoms with Gasteiger partial charge in [-0.05, 0) is 12.1 Å². The number of β-amino-alcohol motifs (C(OH)–C–C–N with tert-alkyl or cyclic N) is 1. The Kier molecular flexibility index (Phi) is 2.72. The topological polar surface area (TPSA) is 23.5 Å². The molecule has 1 saturated heterocycles. The second kappa shape index (κ2) is 3.85. The third kappa shape index (κ3) is 1.90. The van der Waals surface area contributed by atoms with Gasteiger partial charge in [0.25, 0.3) is 0 Å². The lowest BCUT2D eigenvalue weighted by atomic mass is 10.1. The lowest BCUT2D eigenvalue weighted by Gasteiger charge is -2.36. The maximum Gasteiger partial charge on any atom is 0.129 e. The zero-order valence-corrected chi connectivity index (χ0v) is 8.34. The Morgan fingerprint density at radius 3 is 2.79 bits per heavy atom. The van der Waals surface area contributed by atoms with Gasteiger partial charge in [-0.1, -0.05) is 17.7 Å². The van der Waals surface area contributed by atoms with Gasteiger partial charge in [-0.25, -0.2) is 4.39 Å². The molecule has 0 aliphatic carbocycles. The molecule has 0 unspecified atom stereocenters. The molecule has 2 rings (SSSR count). The number of rotatable bonds is 2. The summed E-state index contributed by atoms with van der Waals surface area (Å²) in [6.45, 7) is 1.68. The zero-order chi connectivity index (χ0) is 10.1. The molecule has 0 saturated carbocycles. The molecule has 1 aromatic carbocycles. The summed E-state index contributed by atoms with van der Waals surface area (Å²) in [4.78, 5) is 1.95. The fourth-order valence-electron chi connectivity index (χ4n) is 1.58. The van der Waals surface area contributed by atoms with Gasteiger partial charge in [-0.15, -0.1) is 0 Å². The molecule has 2 nitrogen and oxygen atoms in total. The molecule has 1 N–H and O–H groups in total. The van der Waals surface area contributed by atoms with E-state index in [1.807, 2.05) is 4.90 Å². The quantitative estimate of drug-likeness (QED) is 0.811. The van der Waals surface area contributed by atoms with Crippen LogP contribution in [0.3, 0.4) is 0 Å². The van der Waals surface area contributed by atoms with Crippen LogP contribution < -0.4 is 0 Å². The van der Waals surface area contributed by atoms with Crippen LogP contribution in [0.4, 0.5) is 4.39 Å². The summed E-state index contributed by atoms with van der Waals surface area (Å²) in [5.74, 6) is -0.279. The Bertz CT molecular complexity index is 319. The molecule has 1 aliphatic heterocycles. The largest absolute Gasteiger partial charge is 0.390 e. The Morgan fingerprint density at radius 1 is 1.50 bits per heavy atom. The van der Waals surface area contributed by atoms with Gasteiger partial charge in [-0.3, -0.25) is 4.90 Å². The van der Waals surface area contributed by atoms with Crippen molar-refractivity contribution in [2.45, 2.75) is 12.6 Å². The van der Waals surface area contributed by atoms with E-state index in [0.29, 0.717) is 30.2 Å². The molecular formula is C10H11ClFNO. The number of aliphatic hydroxyl groups excluding tert-OH is 1. The third-order valence-corrected chi connectivity index (χ3v) is 2.74. The molecule has 0 radical (unpaired) electrons. The summed E-state index contributed by atoms with van der Waals surface area (Å²) in [6.07, 6.45) is -0.263. The highest BCUT2D eigenvalue weighted by Crippen LogP contribution is 2.22. The van der Waals surface area contributed by atoms with Crippen LogP contribution >= 0.6 is 11.6 Å². The first-order chi connectivity index (χ1) is 6.66. The van der Waals surface area contributed by atoms with Gasteiger partial charge in [-0.2, -0.15) is 0 Å². The van der Waals surface area contributed by atoms with E-state index >= 15 is 0 Å². The van der Waals surface area contributed by atoms with Crippen molar-refractivity contribution in [3.63, 3.8) is 0 Å². The highest BCUT2D eigenvalue weighted by Gasteiger charge is 2.25. The number of halogens is 2. The van der Waals surface area contributed by atoms with Crippen LogP contribution in [0.5, 0.6) is 0 Å². The van der Waals surface area contributed by atoms with Crippen LogP contribution in [0.1, 0.15) is 5.56 Å². The molecule has 1 heterocycles. The fraction of sp³-hybridized carbons (Fsp3) is 0.400. The fourth-order valence-corrected chi connectivity index (χ4v) is 1.80. The van der Waals surface area contributed by atoms with Crippen molar-refractivity contribution in [2.24, 2.45) is 0 Å².